The highest BCUT2D eigenvalue weighted by Crippen LogP contribution is 2.71. The summed E-state index contributed by atoms with van der Waals surface area (Å²) in [5.41, 5.74) is -0.0848. The second-order valence-corrected chi connectivity index (χ2v) is 8.63. The van der Waals surface area contributed by atoms with E-state index in [1.165, 1.54) is 51.4 Å². The molecule has 19 heavy (non-hydrogen) atoms. The van der Waals surface area contributed by atoms with Crippen LogP contribution in [0.1, 0.15) is 79.1 Å². The molecule has 1 N–H and O–H groups in total. The maximum Gasteiger partial charge on any atom is 0.0782 e. The van der Waals surface area contributed by atoms with Gasteiger partial charge in [-0.3, -0.25) is 0 Å². The number of aliphatic hydroxyl groups is 1. The molecule has 0 spiro atoms. The van der Waals surface area contributed by atoms with E-state index in [1.807, 2.05) is 0 Å². The van der Waals surface area contributed by atoms with Gasteiger partial charge in [-0.15, -0.1) is 0 Å². The predicted octanol–water partition coefficient (Wildman–Crippen LogP) is 4.78. The van der Waals surface area contributed by atoms with Gasteiger partial charge >= 0.3 is 0 Å². The largest absolute Gasteiger partial charge is 0.388 e. The van der Waals surface area contributed by atoms with Gasteiger partial charge in [0.1, 0.15) is 0 Å². The van der Waals surface area contributed by atoms with Crippen molar-refractivity contribution in [2.45, 2.75) is 84.7 Å². The molecule has 3 fully saturated rings. The lowest BCUT2D eigenvalue weighted by Crippen LogP contribution is -2.59. The highest BCUT2D eigenvalue weighted by molar-refractivity contribution is 5.20. The van der Waals surface area contributed by atoms with E-state index in [0.717, 1.165) is 11.8 Å². The Morgan fingerprint density at radius 1 is 1.05 bits per heavy atom. The second kappa shape index (κ2) is 4.23. The molecule has 0 aliphatic heterocycles. The van der Waals surface area contributed by atoms with Crippen LogP contribution < -0.4 is 0 Å². The van der Waals surface area contributed by atoms with E-state index >= 15 is 0 Å². The Morgan fingerprint density at radius 3 is 2.37 bits per heavy atom. The first-order valence-electron chi connectivity index (χ1n) is 8.57. The molecule has 3 rings (SSSR count). The van der Waals surface area contributed by atoms with Gasteiger partial charge in [-0.25, -0.2) is 0 Å². The van der Waals surface area contributed by atoms with Crippen molar-refractivity contribution in [1.82, 2.24) is 0 Å². The molecular weight excluding hydrogens is 232 g/mol. The molecule has 3 saturated carbocycles. The molecular formula is C18H32O. The van der Waals surface area contributed by atoms with Crippen LogP contribution >= 0.6 is 0 Å². The van der Waals surface area contributed by atoms with Crippen LogP contribution in [-0.4, -0.2) is 10.7 Å². The summed E-state index contributed by atoms with van der Waals surface area (Å²) >= 11 is 0. The Hall–Kier alpha value is -0.0400. The zero-order valence-corrected chi connectivity index (χ0v) is 13.3. The summed E-state index contributed by atoms with van der Waals surface area (Å²) in [6.45, 7) is 9.43. The van der Waals surface area contributed by atoms with Crippen molar-refractivity contribution < 1.29 is 5.11 Å². The molecule has 0 aromatic heterocycles. The fourth-order valence-corrected chi connectivity index (χ4v) is 6.35. The minimum absolute atomic E-state index is 0.125. The molecule has 3 aliphatic carbocycles. The molecule has 0 aromatic carbocycles. The highest BCUT2D eigenvalue weighted by Gasteiger charge is 2.70. The molecule has 2 bridgehead atoms. The van der Waals surface area contributed by atoms with Gasteiger partial charge in [-0.1, -0.05) is 47.0 Å². The Morgan fingerprint density at radius 2 is 1.79 bits per heavy atom. The van der Waals surface area contributed by atoms with Crippen LogP contribution in [0.5, 0.6) is 0 Å². The molecule has 1 nitrogen and oxygen atoms in total. The number of hydrogen-bond donors (Lipinski definition) is 1. The molecule has 5 atom stereocenters. The third kappa shape index (κ3) is 1.63. The summed E-state index contributed by atoms with van der Waals surface area (Å²) < 4.78 is 0. The van der Waals surface area contributed by atoms with Crippen molar-refractivity contribution in [2.24, 2.45) is 28.6 Å². The van der Waals surface area contributed by atoms with Crippen molar-refractivity contribution in [3.63, 3.8) is 0 Å². The van der Waals surface area contributed by atoms with E-state index in [2.05, 4.69) is 27.7 Å². The van der Waals surface area contributed by atoms with E-state index in [0.29, 0.717) is 5.92 Å². The van der Waals surface area contributed by atoms with E-state index in [1.54, 1.807) is 0 Å². The fourth-order valence-electron chi connectivity index (χ4n) is 6.35. The third-order valence-corrected chi connectivity index (χ3v) is 7.62. The average Bonchev–Trinajstić information content (AvgIpc) is 2.87. The summed E-state index contributed by atoms with van der Waals surface area (Å²) in [4.78, 5) is 0. The minimum Gasteiger partial charge on any atom is -0.388 e. The molecule has 0 saturated heterocycles. The Kier molecular flexibility index (Phi) is 3.10. The van der Waals surface area contributed by atoms with Crippen LogP contribution in [0.3, 0.4) is 0 Å². The van der Waals surface area contributed by atoms with Crippen molar-refractivity contribution in [2.75, 3.05) is 0 Å². The molecule has 0 radical (unpaired) electrons. The Bertz CT molecular complexity index is 354. The zero-order valence-electron chi connectivity index (χ0n) is 13.3. The normalized spacial score (nSPS) is 52.6. The topological polar surface area (TPSA) is 20.2 Å². The Balaban J connectivity index is 1.93. The summed E-state index contributed by atoms with van der Waals surface area (Å²) in [5.74, 6) is 2.17. The second-order valence-electron chi connectivity index (χ2n) is 8.63. The quantitative estimate of drug-likeness (QED) is 0.761. The van der Waals surface area contributed by atoms with Crippen molar-refractivity contribution in [3.05, 3.63) is 0 Å². The van der Waals surface area contributed by atoms with E-state index in [4.69, 9.17) is 0 Å². The first-order valence-corrected chi connectivity index (χ1v) is 8.57. The maximum atomic E-state index is 11.8. The first kappa shape index (κ1) is 13.9. The monoisotopic (exact) mass is 264 g/mol. The van der Waals surface area contributed by atoms with Crippen LogP contribution in [0.2, 0.25) is 0 Å². The van der Waals surface area contributed by atoms with Gasteiger partial charge in [0.2, 0.25) is 0 Å². The van der Waals surface area contributed by atoms with Gasteiger partial charge in [0, 0.05) is 0 Å². The molecule has 1 heteroatoms. The van der Waals surface area contributed by atoms with Gasteiger partial charge < -0.3 is 5.11 Å². The van der Waals surface area contributed by atoms with Crippen LogP contribution in [0.15, 0.2) is 0 Å². The lowest BCUT2D eigenvalue weighted by atomic mass is 9.52. The van der Waals surface area contributed by atoms with Gasteiger partial charge in [0.15, 0.2) is 0 Å². The van der Waals surface area contributed by atoms with Gasteiger partial charge in [-0.2, -0.15) is 0 Å². The Labute approximate surface area is 119 Å². The van der Waals surface area contributed by atoms with Gasteiger partial charge in [-0.05, 0) is 60.7 Å². The molecule has 0 amide bonds. The molecule has 0 heterocycles. The summed E-state index contributed by atoms with van der Waals surface area (Å²) in [6.07, 6.45) is 10.4. The van der Waals surface area contributed by atoms with Crippen molar-refractivity contribution >= 4 is 0 Å². The molecule has 110 valence electrons. The SMILES string of the molecule is CCC1CCCC(C2(O)C3(C)CCC(C3)C2(C)C)C1. The smallest absolute Gasteiger partial charge is 0.0782 e. The summed E-state index contributed by atoms with van der Waals surface area (Å²) in [7, 11) is 0. The van der Waals surface area contributed by atoms with Crippen LogP contribution in [0.4, 0.5) is 0 Å². The lowest BCUT2D eigenvalue weighted by Gasteiger charge is -2.56. The van der Waals surface area contributed by atoms with E-state index in [9.17, 15) is 5.11 Å². The van der Waals surface area contributed by atoms with Gasteiger partial charge in [0.05, 0.1) is 5.60 Å². The molecule has 0 aromatic rings. The number of fused-ring (bicyclic) bond motifs is 2. The highest BCUT2D eigenvalue weighted by atomic mass is 16.3. The van der Waals surface area contributed by atoms with Crippen molar-refractivity contribution in [1.29, 1.82) is 0 Å². The third-order valence-electron chi connectivity index (χ3n) is 7.62. The van der Waals surface area contributed by atoms with E-state index in [-0.39, 0.29) is 10.8 Å². The van der Waals surface area contributed by atoms with Crippen LogP contribution in [0.25, 0.3) is 0 Å². The summed E-state index contributed by atoms with van der Waals surface area (Å²) in [6, 6.07) is 0. The van der Waals surface area contributed by atoms with Crippen LogP contribution in [0, 0.1) is 28.6 Å². The zero-order chi connectivity index (χ0) is 13.9. The molecule has 3 aliphatic rings. The predicted molar refractivity (Wildman–Crippen MR) is 79.9 cm³/mol. The lowest BCUT2D eigenvalue weighted by molar-refractivity contribution is -0.190. The maximum absolute atomic E-state index is 11.8. The average molecular weight is 264 g/mol. The molecule has 5 unspecified atom stereocenters. The fraction of sp³-hybridized carbons (Fsp3) is 1.00. The minimum atomic E-state index is -0.406. The van der Waals surface area contributed by atoms with Crippen LogP contribution in [-0.2, 0) is 0 Å². The van der Waals surface area contributed by atoms with Gasteiger partial charge in [0.25, 0.3) is 0 Å². The standard InChI is InChI=1S/C18H32O/c1-5-13-7-6-8-14(11-13)18(19)16(2,3)15-9-10-17(18,4)12-15/h13-15,19H,5-12H2,1-4H3. The first-order chi connectivity index (χ1) is 8.85. The number of rotatable bonds is 2. The number of hydrogen-bond acceptors (Lipinski definition) is 1. The van der Waals surface area contributed by atoms with E-state index < -0.39 is 5.60 Å². The van der Waals surface area contributed by atoms with Crippen molar-refractivity contribution in [3.8, 4) is 0 Å². The summed E-state index contributed by atoms with van der Waals surface area (Å²) in [5, 5.41) is 11.8.